The van der Waals surface area contributed by atoms with E-state index < -0.39 is 33.2 Å². The minimum absolute atomic E-state index is 0.429. The standard InChI is InChI=1S/C8H5Cl3F2O/c9-6-4(13)2-1-3(12)5(6)7(14)8(10)11/h1-2,7-8,14H. The van der Waals surface area contributed by atoms with Crippen molar-refractivity contribution < 1.29 is 13.9 Å². The number of rotatable bonds is 2. The minimum atomic E-state index is -1.55. The lowest BCUT2D eigenvalue weighted by atomic mass is 10.1. The normalized spacial score (nSPS) is 13.4. The zero-order valence-corrected chi connectivity index (χ0v) is 8.91. The summed E-state index contributed by atoms with van der Waals surface area (Å²) in [5.41, 5.74) is -0.429. The molecule has 1 rings (SSSR count). The molecule has 0 radical (unpaired) electrons. The highest BCUT2D eigenvalue weighted by atomic mass is 35.5. The van der Waals surface area contributed by atoms with E-state index in [1.807, 2.05) is 0 Å². The van der Waals surface area contributed by atoms with Crippen molar-refractivity contribution in [1.82, 2.24) is 0 Å². The highest BCUT2D eigenvalue weighted by Gasteiger charge is 2.24. The van der Waals surface area contributed by atoms with Crippen LogP contribution in [0, 0.1) is 11.6 Å². The first-order valence-corrected chi connectivity index (χ1v) is 4.80. The van der Waals surface area contributed by atoms with Gasteiger partial charge in [-0.2, -0.15) is 0 Å². The molecule has 0 aliphatic heterocycles. The zero-order chi connectivity index (χ0) is 10.9. The Hall–Kier alpha value is -0.0900. The molecule has 0 aromatic heterocycles. The lowest BCUT2D eigenvalue weighted by Gasteiger charge is -2.14. The fourth-order valence-corrected chi connectivity index (χ4v) is 1.46. The molecular weight excluding hydrogens is 256 g/mol. The minimum Gasteiger partial charge on any atom is -0.385 e. The Morgan fingerprint density at radius 2 is 1.64 bits per heavy atom. The first kappa shape index (κ1) is 12.0. The molecule has 0 saturated carbocycles. The molecule has 1 N–H and O–H groups in total. The molecule has 1 atom stereocenters. The third-order valence-electron chi connectivity index (χ3n) is 1.61. The molecule has 0 spiro atoms. The average molecular weight is 261 g/mol. The van der Waals surface area contributed by atoms with Gasteiger partial charge in [0.2, 0.25) is 0 Å². The Labute approximate surface area is 94.2 Å². The van der Waals surface area contributed by atoms with Gasteiger partial charge in [-0.1, -0.05) is 11.6 Å². The number of benzene rings is 1. The second-order valence-corrected chi connectivity index (χ2v) is 4.08. The summed E-state index contributed by atoms with van der Waals surface area (Å²) in [5, 5.41) is 8.82. The van der Waals surface area contributed by atoms with E-state index in [9.17, 15) is 13.9 Å². The van der Waals surface area contributed by atoms with Gasteiger partial charge >= 0.3 is 0 Å². The molecule has 0 bridgehead atoms. The summed E-state index contributed by atoms with van der Waals surface area (Å²) in [6.07, 6.45) is -1.55. The van der Waals surface area contributed by atoms with Crippen LogP contribution in [0.25, 0.3) is 0 Å². The van der Waals surface area contributed by atoms with E-state index in [0.29, 0.717) is 0 Å². The first-order valence-electron chi connectivity index (χ1n) is 3.54. The number of hydrogen-bond acceptors (Lipinski definition) is 1. The van der Waals surface area contributed by atoms with Gasteiger partial charge in [-0.25, -0.2) is 8.78 Å². The van der Waals surface area contributed by atoms with Crippen molar-refractivity contribution in [2.45, 2.75) is 10.9 Å². The number of halogens is 5. The maximum atomic E-state index is 13.1. The monoisotopic (exact) mass is 260 g/mol. The number of aliphatic hydroxyl groups excluding tert-OH is 1. The molecule has 0 fully saturated rings. The maximum absolute atomic E-state index is 13.1. The molecule has 0 heterocycles. The molecule has 0 aliphatic rings. The van der Waals surface area contributed by atoms with E-state index in [1.54, 1.807) is 0 Å². The molecule has 0 saturated heterocycles. The van der Waals surface area contributed by atoms with Gasteiger partial charge in [-0.3, -0.25) is 0 Å². The summed E-state index contributed by atoms with van der Waals surface area (Å²) in [7, 11) is 0. The molecule has 1 aromatic rings. The summed E-state index contributed by atoms with van der Waals surface area (Å²) in [6, 6.07) is 1.70. The van der Waals surface area contributed by atoms with Crippen LogP contribution in [0.15, 0.2) is 12.1 Å². The number of alkyl halides is 2. The van der Waals surface area contributed by atoms with Gasteiger partial charge < -0.3 is 5.11 Å². The number of hydrogen-bond donors (Lipinski definition) is 1. The van der Waals surface area contributed by atoms with Crippen LogP contribution in [0.2, 0.25) is 5.02 Å². The highest BCUT2D eigenvalue weighted by Crippen LogP contribution is 2.33. The van der Waals surface area contributed by atoms with Crippen molar-refractivity contribution in [2.24, 2.45) is 0 Å². The Kier molecular flexibility index (Phi) is 3.95. The van der Waals surface area contributed by atoms with E-state index in [4.69, 9.17) is 34.8 Å². The maximum Gasteiger partial charge on any atom is 0.142 e. The van der Waals surface area contributed by atoms with E-state index >= 15 is 0 Å². The Balaban J connectivity index is 3.25. The van der Waals surface area contributed by atoms with Gasteiger partial charge in [-0.15, -0.1) is 23.2 Å². The lowest BCUT2D eigenvalue weighted by Crippen LogP contribution is -2.09. The average Bonchev–Trinajstić information content (AvgIpc) is 2.12. The molecule has 0 amide bonds. The molecular formula is C8H5Cl3F2O. The van der Waals surface area contributed by atoms with Gasteiger partial charge in [0.05, 0.1) is 5.02 Å². The second-order valence-electron chi connectivity index (χ2n) is 2.54. The second kappa shape index (κ2) is 4.62. The van der Waals surface area contributed by atoms with E-state index in [-0.39, 0.29) is 0 Å². The summed E-state index contributed by atoms with van der Waals surface area (Å²) in [4.78, 5) is -1.27. The Morgan fingerprint density at radius 1 is 1.14 bits per heavy atom. The smallest absolute Gasteiger partial charge is 0.142 e. The Bertz CT molecular complexity index is 344. The predicted octanol–water partition coefficient (Wildman–Crippen LogP) is 3.46. The van der Waals surface area contributed by atoms with Gasteiger partial charge in [0, 0.05) is 5.56 Å². The van der Waals surface area contributed by atoms with Crippen molar-refractivity contribution in [1.29, 1.82) is 0 Å². The van der Waals surface area contributed by atoms with E-state index in [2.05, 4.69) is 0 Å². The van der Waals surface area contributed by atoms with Crippen molar-refractivity contribution in [3.05, 3.63) is 34.4 Å². The van der Waals surface area contributed by atoms with Crippen molar-refractivity contribution in [3.63, 3.8) is 0 Å². The van der Waals surface area contributed by atoms with E-state index in [0.717, 1.165) is 12.1 Å². The Morgan fingerprint density at radius 3 is 2.14 bits per heavy atom. The quantitative estimate of drug-likeness (QED) is 0.638. The predicted molar refractivity (Wildman–Crippen MR) is 51.8 cm³/mol. The van der Waals surface area contributed by atoms with Crippen LogP contribution in [-0.4, -0.2) is 9.94 Å². The van der Waals surface area contributed by atoms with Crippen LogP contribution in [0.1, 0.15) is 11.7 Å². The largest absolute Gasteiger partial charge is 0.385 e. The van der Waals surface area contributed by atoms with Crippen LogP contribution in [0.5, 0.6) is 0 Å². The molecule has 1 nitrogen and oxygen atoms in total. The van der Waals surface area contributed by atoms with Crippen LogP contribution < -0.4 is 0 Å². The molecule has 6 heteroatoms. The summed E-state index contributed by atoms with van der Waals surface area (Å²) in [5.74, 6) is -1.69. The molecule has 78 valence electrons. The van der Waals surface area contributed by atoms with Crippen molar-refractivity contribution in [3.8, 4) is 0 Å². The lowest BCUT2D eigenvalue weighted by molar-refractivity contribution is 0.187. The summed E-state index contributed by atoms with van der Waals surface area (Å²) < 4.78 is 26.0. The van der Waals surface area contributed by atoms with Gasteiger partial charge in [0.1, 0.15) is 22.6 Å². The van der Waals surface area contributed by atoms with Gasteiger partial charge in [0.25, 0.3) is 0 Å². The van der Waals surface area contributed by atoms with Crippen LogP contribution in [0.4, 0.5) is 8.78 Å². The summed E-state index contributed by atoms with van der Waals surface area (Å²) in [6.45, 7) is 0. The van der Waals surface area contributed by atoms with Crippen molar-refractivity contribution >= 4 is 34.8 Å². The topological polar surface area (TPSA) is 20.2 Å². The number of aliphatic hydroxyl groups is 1. The SMILES string of the molecule is OC(c1c(F)ccc(F)c1Cl)C(Cl)Cl. The highest BCUT2D eigenvalue weighted by molar-refractivity contribution is 6.44. The van der Waals surface area contributed by atoms with Crippen LogP contribution in [-0.2, 0) is 0 Å². The van der Waals surface area contributed by atoms with Gasteiger partial charge in [-0.05, 0) is 12.1 Å². The fraction of sp³-hybridized carbons (Fsp3) is 0.250. The molecule has 0 aliphatic carbocycles. The van der Waals surface area contributed by atoms with Crippen molar-refractivity contribution in [2.75, 3.05) is 0 Å². The van der Waals surface area contributed by atoms with Crippen LogP contribution >= 0.6 is 34.8 Å². The molecule has 1 unspecified atom stereocenters. The third-order valence-corrected chi connectivity index (χ3v) is 2.48. The van der Waals surface area contributed by atoms with E-state index in [1.165, 1.54) is 0 Å². The third kappa shape index (κ3) is 2.28. The van der Waals surface area contributed by atoms with Crippen LogP contribution in [0.3, 0.4) is 0 Å². The molecule has 1 aromatic carbocycles. The fourth-order valence-electron chi connectivity index (χ4n) is 0.940. The zero-order valence-electron chi connectivity index (χ0n) is 6.65. The summed E-state index contributed by atoms with van der Waals surface area (Å²) >= 11 is 16.1. The first-order chi connectivity index (χ1) is 6.45. The molecule has 14 heavy (non-hydrogen) atoms. The van der Waals surface area contributed by atoms with Gasteiger partial charge in [0.15, 0.2) is 0 Å².